The Labute approximate surface area is 463 Å². The summed E-state index contributed by atoms with van der Waals surface area (Å²) >= 11 is 0. The highest BCUT2D eigenvalue weighted by Gasteiger charge is 2.28. The maximum atomic E-state index is 12.9. The van der Waals surface area contributed by atoms with Crippen LogP contribution in [0.15, 0.2) is 97.2 Å². The zero-order valence-electron chi connectivity index (χ0n) is 48.2. The first-order valence-electron chi connectivity index (χ1n) is 30.1. The molecule has 0 spiro atoms. The molecule has 436 valence electrons. The second kappa shape index (κ2) is 57.6. The molecule has 0 aromatic heterocycles. The van der Waals surface area contributed by atoms with E-state index in [0.29, 0.717) is 25.7 Å². The molecule has 0 amide bonds. The number of ether oxygens (including phenoxy) is 3. The van der Waals surface area contributed by atoms with E-state index >= 15 is 0 Å². The van der Waals surface area contributed by atoms with E-state index in [-0.39, 0.29) is 25.9 Å². The van der Waals surface area contributed by atoms with E-state index in [1.165, 1.54) is 83.5 Å². The molecule has 0 bridgehead atoms. The summed E-state index contributed by atoms with van der Waals surface area (Å²) in [5, 5.41) is 9.83. The number of esters is 3. The van der Waals surface area contributed by atoms with Gasteiger partial charge in [0.05, 0.1) is 19.8 Å². The van der Waals surface area contributed by atoms with Gasteiger partial charge in [-0.3, -0.25) is 23.4 Å². The van der Waals surface area contributed by atoms with E-state index in [4.69, 9.17) is 23.3 Å². The summed E-state index contributed by atoms with van der Waals surface area (Å²) in [6, 6.07) is 0. The van der Waals surface area contributed by atoms with Crippen LogP contribution in [0.4, 0.5) is 0 Å². The third-order valence-corrected chi connectivity index (χ3v) is 13.4. The molecule has 0 aromatic carbocycles. The molecule has 12 heteroatoms. The van der Waals surface area contributed by atoms with Crippen LogP contribution in [0.5, 0.6) is 0 Å². The number of allylic oxidation sites excluding steroid dienone is 16. The van der Waals surface area contributed by atoms with Crippen molar-refractivity contribution in [3.05, 3.63) is 97.2 Å². The molecule has 2 N–H and O–H groups in total. The SMILES string of the molecule is CC/C=C\C/C=C\C/C=C\C/C=C\C/C=C\CCCC(=O)OC(COC(=O)CCCCCCC/C=C\C/C=C\CCCCC)COP(=O)(O)OCC(CO)OC(=O)CCCCCCCCC/C=C\CCCCCCCC. The molecular formula is C64H109O11P. The van der Waals surface area contributed by atoms with Crippen LogP contribution in [0.2, 0.25) is 0 Å². The van der Waals surface area contributed by atoms with Gasteiger partial charge in [-0.05, 0) is 116 Å². The third-order valence-electron chi connectivity index (χ3n) is 12.5. The minimum Gasteiger partial charge on any atom is -0.462 e. The zero-order chi connectivity index (χ0) is 55.5. The Bertz CT molecular complexity index is 1640. The summed E-state index contributed by atoms with van der Waals surface area (Å²) in [6.07, 6.45) is 67.9. The van der Waals surface area contributed by atoms with Crippen molar-refractivity contribution in [2.75, 3.05) is 26.4 Å². The van der Waals surface area contributed by atoms with Gasteiger partial charge in [-0.15, -0.1) is 0 Å². The van der Waals surface area contributed by atoms with Crippen LogP contribution in [-0.2, 0) is 42.2 Å². The van der Waals surface area contributed by atoms with Crippen LogP contribution in [0, 0.1) is 0 Å². The molecule has 0 radical (unpaired) electrons. The van der Waals surface area contributed by atoms with Crippen molar-refractivity contribution < 1.29 is 52.2 Å². The Morgan fingerprint density at radius 3 is 1.14 bits per heavy atom. The molecule has 0 heterocycles. The number of hydrogen-bond acceptors (Lipinski definition) is 10. The summed E-state index contributed by atoms with van der Waals surface area (Å²) in [7, 11) is -4.77. The summed E-state index contributed by atoms with van der Waals surface area (Å²) < 4.78 is 39.5. The number of unbranched alkanes of at least 4 members (excludes halogenated alkanes) is 22. The molecule has 3 atom stereocenters. The molecule has 0 saturated heterocycles. The number of carbonyl (C=O) groups excluding carboxylic acids is 3. The Morgan fingerprint density at radius 2 is 0.697 bits per heavy atom. The van der Waals surface area contributed by atoms with Crippen LogP contribution in [-0.4, -0.2) is 66.5 Å². The predicted octanol–water partition coefficient (Wildman–Crippen LogP) is 18.0. The highest BCUT2D eigenvalue weighted by Crippen LogP contribution is 2.43. The van der Waals surface area contributed by atoms with Gasteiger partial charge in [-0.1, -0.05) is 214 Å². The van der Waals surface area contributed by atoms with Gasteiger partial charge in [-0.2, -0.15) is 0 Å². The minimum absolute atomic E-state index is 0.0824. The number of rotatable bonds is 55. The van der Waals surface area contributed by atoms with Gasteiger partial charge in [0.25, 0.3) is 0 Å². The average Bonchev–Trinajstić information content (AvgIpc) is 3.41. The monoisotopic (exact) mass is 1080 g/mol. The summed E-state index contributed by atoms with van der Waals surface area (Å²) in [4.78, 5) is 48.6. The fraction of sp³-hybridized carbons (Fsp3) is 0.703. The van der Waals surface area contributed by atoms with Crippen LogP contribution in [0.1, 0.15) is 252 Å². The number of phosphoric ester groups is 1. The molecule has 0 rings (SSSR count). The second-order valence-electron chi connectivity index (χ2n) is 19.8. The molecule has 0 aromatic rings. The minimum atomic E-state index is -4.77. The molecule has 3 unspecified atom stereocenters. The van der Waals surface area contributed by atoms with Gasteiger partial charge in [0.2, 0.25) is 0 Å². The summed E-state index contributed by atoms with van der Waals surface area (Å²) in [5.41, 5.74) is 0. The highest BCUT2D eigenvalue weighted by molar-refractivity contribution is 7.47. The van der Waals surface area contributed by atoms with Crippen molar-refractivity contribution in [2.45, 2.75) is 264 Å². The van der Waals surface area contributed by atoms with Crippen molar-refractivity contribution >= 4 is 25.7 Å². The number of carbonyl (C=O) groups is 3. The highest BCUT2D eigenvalue weighted by atomic mass is 31.2. The van der Waals surface area contributed by atoms with Crippen LogP contribution in [0.3, 0.4) is 0 Å². The van der Waals surface area contributed by atoms with Gasteiger partial charge in [-0.25, -0.2) is 4.57 Å². The van der Waals surface area contributed by atoms with Crippen LogP contribution >= 0.6 is 7.82 Å². The first kappa shape index (κ1) is 72.4. The van der Waals surface area contributed by atoms with Crippen LogP contribution < -0.4 is 0 Å². The largest absolute Gasteiger partial charge is 0.472 e. The Kier molecular flexibility index (Phi) is 54.8. The number of hydrogen-bond donors (Lipinski definition) is 2. The maximum Gasteiger partial charge on any atom is 0.472 e. The zero-order valence-corrected chi connectivity index (χ0v) is 49.1. The molecule has 0 aliphatic carbocycles. The fourth-order valence-corrected chi connectivity index (χ4v) is 8.67. The van der Waals surface area contributed by atoms with Gasteiger partial charge in [0.1, 0.15) is 12.7 Å². The second-order valence-corrected chi connectivity index (χ2v) is 21.2. The van der Waals surface area contributed by atoms with Gasteiger partial charge < -0.3 is 24.2 Å². The first-order chi connectivity index (χ1) is 37.2. The van der Waals surface area contributed by atoms with Gasteiger partial charge in [0.15, 0.2) is 6.10 Å². The van der Waals surface area contributed by atoms with Gasteiger partial charge in [0, 0.05) is 19.3 Å². The van der Waals surface area contributed by atoms with Crippen molar-refractivity contribution in [1.82, 2.24) is 0 Å². The summed E-state index contributed by atoms with van der Waals surface area (Å²) in [5.74, 6) is -1.56. The molecule has 76 heavy (non-hydrogen) atoms. The number of phosphoric acid groups is 1. The van der Waals surface area contributed by atoms with Crippen molar-refractivity contribution in [2.24, 2.45) is 0 Å². The van der Waals surface area contributed by atoms with E-state index in [1.54, 1.807) is 0 Å². The lowest BCUT2D eigenvalue weighted by Gasteiger charge is -2.21. The lowest BCUT2D eigenvalue weighted by Crippen LogP contribution is -2.30. The van der Waals surface area contributed by atoms with E-state index in [0.717, 1.165) is 103 Å². The standard InChI is InChI=1S/C64H109O11P/c1-4-7-10-13-16-19-22-25-28-30-33-36-39-42-45-48-51-54-63(67)74-60(56-65)58-72-76(69,70)73-59-61(57-71-62(66)53-50-47-44-41-38-35-32-27-24-21-18-15-12-9-6-3)75-64(68)55-52-49-46-43-40-37-34-31-29-26-23-20-17-14-11-8-5-2/h8,11,17-18,20-21,25-29,32,34,37,43,46,60-61,65H,4-7,9-10,12-16,19,22-24,30-31,33,35-36,38-42,44-45,47-59H2,1-3H3,(H,69,70)/b11-8-,20-17-,21-18-,28-25-,29-26-,32-27-,37-34-,46-43-. The Morgan fingerprint density at radius 1 is 0.382 bits per heavy atom. The van der Waals surface area contributed by atoms with E-state index < -0.39 is 57.8 Å². The molecular weight excluding hydrogens is 976 g/mol. The average molecular weight is 1090 g/mol. The van der Waals surface area contributed by atoms with Crippen molar-refractivity contribution in [1.29, 1.82) is 0 Å². The summed E-state index contributed by atoms with van der Waals surface area (Å²) in [6.45, 7) is 4.43. The predicted molar refractivity (Wildman–Crippen MR) is 316 cm³/mol. The van der Waals surface area contributed by atoms with Crippen LogP contribution in [0.25, 0.3) is 0 Å². The lowest BCUT2D eigenvalue weighted by atomic mass is 10.1. The molecule has 0 aliphatic heterocycles. The third kappa shape index (κ3) is 55.2. The topological polar surface area (TPSA) is 155 Å². The van der Waals surface area contributed by atoms with E-state index in [9.17, 15) is 28.9 Å². The molecule has 0 aliphatic rings. The quantitative estimate of drug-likeness (QED) is 0.0197. The van der Waals surface area contributed by atoms with Crippen molar-refractivity contribution in [3.63, 3.8) is 0 Å². The van der Waals surface area contributed by atoms with E-state index in [2.05, 4.69) is 106 Å². The first-order valence-corrected chi connectivity index (χ1v) is 31.6. The number of aliphatic hydroxyl groups excluding tert-OH is 1. The molecule has 11 nitrogen and oxygen atoms in total. The van der Waals surface area contributed by atoms with Crippen molar-refractivity contribution in [3.8, 4) is 0 Å². The lowest BCUT2D eigenvalue weighted by molar-refractivity contribution is -0.161. The molecule has 0 fully saturated rings. The fourth-order valence-electron chi connectivity index (χ4n) is 7.89. The smallest absolute Gasteiger partial charge is 0.462 e. The maximum absolute atomic E-state index is 12.9. The van der Waals surface area contributed by atoms with Gasteiger partial charge >= 0.3 is 25.7 Å². The molecule has 0 saturated carbocycles. The Balaban J connectivity index is 4.80. The number of aliphatic hydroxyl groups is 1. The van der Waals surface area contributed by atoms with E-state index in [1.807, 2.05) is 12.2 Å². The normalized spacial score (nSPS) is 14.0. The Hall–Kier alpha value is -3.60.